The highest BCUT2D eigenvalue weighted by molar-refractivity contribution is 14.0. The van der Waals surface area contributed by atoms with Crippen LogP contribution in [0.4, 0.5) is 0 Å². The number of carbonyl (C=O) groups is 1. The van der Waals surface area contributed by atoms with Crippen LogP contribution in [0.15, 0.2) is 15.5 Å². The molecule has 1 aromatic heterocycles. The summed E-state index contributed by atoms with van der Waals surface area (Å²) in [5.41, 5.74) is 0.447. The number of halogens is 1. The molecule has 126 valence electrons. The lowest BCUT2D eigenvalue weighted by atomic mass is 10.2. The zero-order valence-corrected chi connectivity index (χ0v) is 16.2. The number of nitrogens with one attached hydrogen (secondary N) is 2. The number of esters is 1. The van der Waals surface area contributed by atoms with E-state index >= 15 is 0 Å². The number of ether oxygens (including phenoxy) is 1. The van der Waals surface area contributed by atoms with Gasteiger partial charge >= 0.3 is 5.97 Å². The Labute approximate surface area is 149 Å². The fraction of sp³-hybridized carbons (Fsp3) is 0.600. The highest BCUT2D eigenvalue weighted by atomic mass is 127. The number of hydrogen-bond acceptors (Lipinski definition) is 4. The second kappa shape index (κ2) is 10.5. The summed E-state index contributed by atoms with van der Waals surface area (Å²) in [5, 5.41) is 6.42. The maximum absolute atomic E-state index is 11.5. The molecule has 0 aliphatic carbocycles. The molecule has 0 bridgehead atoms. The molecule has 7 heteroatoms. The van der Waals surface area contributed by atoms with E-state index in [1.807, 2.05) is 6.92 Å². The van der Waals surface area contributed by atoms with Gasteiger partial charge in [-0.15, -0.1) is 24.0 Å². The topological polar surface area (TPSA) is 75.9 Å². The molecule has 0 aliphatic heterocycles. The van der Waals surface area contributed by atoms with E-state index in [4.69, 9.17) is 9.15 Å². The van der Waals surface area contributed by atoms with Gasteiger partial charge in [-0.3, -0.25) is 0 Å². The molecule has 1 rings (SSSR count). The van der Waals surface area contributed by atoms with Crippen LogP contribution in [0.2, 0.25) is 0 Å². The molecule has 0 saturated carbocycles. The molecule has 0 fully saturated rings. The fourth-order valence-electron chi connectivity index (χ4n) is 1.73. The third-order valence-electron chi connectivity index (χ3n) is 2.79. The standard InChI is InChI=1S/C15H25N3O3.HI/c1-6-16-15(17-8-10(2)3)18-9-12-7-13(11(4)21-12)14(19)20-5;/h7,10H,6,8-9H2,1-5H3,(H2,16,17,18);1H. The minimum Gasteiger partial charge on any atom is -0.465 e. The summed E-state index contributed by atoms with van der Waals surface area (Å²) in [6, 6.07) is 1.68. The molecule has 0 aromatic carbocycles. The molecule has 0 atom stereocenters. The van der Waals surface area contributed by atoms with E-state index in [1.54, 1.807) is 13.0 Å². The first-order chi connectivity index (χ1) is 9.97. The lowest BCUT2D eigenvalue weighted by Gasteiger charge is -2.12. The largest absolute Gasteiger partial charge is 0.465 e. The van der Waals surface area contributed by atoms with Crippen molar-refractivity contribution in [2.45, 2.75) is 34.2 Å². The molecule has 22 heavy (non-hydrogen) atoms. The van der Waals surface area contributed by atoms with E-state index in [1.165, 1.54) is 7.11 Å². The van der Waals surface area contributed by atoms with Crippen LogP contribution in [0.25, 0.3) is 0 Å². The summed E-state index contributed by atoms with van der Waals surface area (Å²) in [6.07, 6.45) is 0. The van der Waals surface area contributed by atoms with Crippen LogP contribution in [-0.4, -0.2) is 32.1 Å². The number of carbonyl (C=O) groups excluding carboxylic acids is 1. The van der Waals surface area contributed by atoms with Crippen LogP contribution in [0.5, 0.6) is 0 Å². The summed E-state index contributed by atoms with van der Waals surface area (Å²) < 4.78 is 10.2. The van der Waals surface area contributed by atoms with Crippen molar-refractivity contribution in [1.82, 2.24) is 10.6 Å². The quantitative estimate of drug-likeness (QED) is 0.319. The van der Waals surface area contributed by atoms with Crippen molar-refractivity contribution < 1.29 is 13.9 Å². The number of nitrogens with zero attached hydrogens (tertiary/aromatic N) is 1. The number of aliphatic imine (C=N–C) groups is 1. The van der Waals surface area contributed by atoms with E-state index < -0.39 is 5.97 Å². The Morgan fingerprint density at radius 2 is 2.09 bits per heavy atom. The maximum atomic E-state index is 11.5. The van der Waals surface area contributed by atoms with Gasteiger partial charge in [-0.05, 0) is 25.8 Å². The minimum absolute atomic E-state index is 0. The molecule has 1 heterocycles. The monoisotopic (exact) mass is 423 g/mol. The molecule has 2 N–H and O–H groups in total. The van der Waals surface area contributed by atoms with Crippen molar-refractivity contribution in [3.05, 3.63) is 23.2 Å². The van der Waals surface area contributed by atoms with Gasteiger partial charge in [0.15, 0.2) is 5.96 Å². The highest BCUT2D eigenvalue weighted by Gasteiger charge is 2.15. The number of rotatable bonds is 6. The predicted molar refractivity (Wildman–Crippen MR) is 97.9 cm³/mol. The maximum Gasteiger partial charge on any atom is 0.341 e. The number of methoxy groups -OCH3 is 1. The third-order valence-corrected chi connectivity index (χ3v) is 2.79. The average Bonchev–Trinajstić information content (AvgIpc) is 2.82. The molecule has 0 amide bonds. The summed E-state index contributed by atoms with van der Waals surface area (Å²) in [7, 11) is 1.35. The van der Waals surface area contributed by atoms with Crippen molar-refractivity contribution in [2.24, 2.45) is 10.9 Å². The van der Waals surface area contributed by atoms with Crippen molar-refractivity contribution >= 4 is 35.9 Å². The molecule has 0 aliphatic rings. The van der Waals surface area contributed by atoms with Gasteiger partial charge in [-0.2, -0.15) is 0 Å². The molecular formula is C15H26IN3O3. The molecule has 0 saturated heterocycles. The first kappa shape index (κ1) is 20.8. The van der Waals surface area contributed by atoms with Crippen molar-refractivity contribution in [2.75, 3.05) is 20.2 Å². The Bertz CT molecular complexity index is 498. The molecule has 1 aromatic rings. The molecule has 0 radical (unpaired) electrons. The Morgan fingerprint density at radius 1 is 1.41 bits per heavy atom. The van der Waals surface area contributed by atoms with Crippen LogP contribution in [-0.2, 0) is 11.3 Å². The Hall–Kier alpha value is -1.25. The van der Waals surface area contributed by atoms with E-state index in [0.29, 0.717) is 29.5 Å². The van der Waals surface area contributed by atoms with Crippen molar-refractivity contribution in [3.8, 4) is 0 Å². The van der Waals surface area contributed by atoms with Crippen molar-refractivity contribution in [3.63, 3.8) is 0 Å². The van der Waals surface area contributed by atoms with E-state index in [-0.39, 0.29) is 24.0 Å². The number of aryl methyl sites for hydroxylation is 1. The zero-order valence-electron chi connectivity index (χ0n) is 13.9. The van der Waals surface area contributed by atoms with Crippen LogP contribution in [0.3, 0.4) is 0 Å². The van der Waals surface area contributed by atoms with E-state index in [0.717, 1.165) is 19.0 Å². The molecule has 0 spiro atoms. The van der Waals surface area contributed by atoms with Gasteiger partial charge in [0.25, 0.3) is 0 Å². The number of furan rings is 1. The molecular weight excluding hydrogens is 397 g/mol. The van der Waals surface area contributed by atoms with Crippen LogP contribution in [0, 0.1) is 12.8 Å². The molecule has 6 nitrogen and oxygen atoms in total. The van der Waals surface area contributed by atoms with Gasteiger partial charge in [0.05, 0.1) is 7.11 Å². The second-order valence-electron chi connectivity index (χ2n) is 5.14. The lowest BCUT2D eigenvalue weighted by molar-refractivity contribution is 0.0599. The summed E-state index contributed by atoms with van der Waals surface area (Å²) in [6.45, 7) is 10.0. The minimum atomic E-state index is -0.392. The fourth-order valence-corrected chi connectivity index (χ4v) is 1.73. The van der Waals surface area contributed by atoms with Gasteiger partial charge in [-0.25, -0.2) is 9.79 Å². The number of hydrogen-bond donors (Lipinski definition) is 2. The average molecular weight is 423 g/mol. The Morgan fingerprint density at radius 3 is 2.64 bits per heavy atom. The van der Waals surface area contributed by atoms with Crippen LogP contribution < -0.4 is 10.6 Å². The highest BCUT2D eigenvalue weighted by Crippen LogP contribution is 2.16. The SMILES string of the molecule is CCNC(=NCc1cc(C(=O)OC)c(C)o1)NCC(C)C.I. The smallest absolute Gasteiger partial charge is 0.341 e. The predicted octanol–water partition coefficient (Wildman–Crippen LogP) is 2.70. The van der Waals surface area contributed by atoms with Gasteiger partial charge in [0, 0.05) is 13.1 Å². The van der Waals surface area contributed by atoms with Gasteiger partial charge in [-0.1, -0.05) is 13.8 Å². The van der Waals surface area contributed by atoms with E-state index in [9.17, 15) is 4.79 Å². The van der Waals surface area contributed by atoms with Gasteiger partial charge in [0.2, 0.25) is 0 Å². The summed E-state index contributed by atoms with van der Waals surface area (Å²) in [4.78, 5) is 16.0. The van der Waals surface area contributed by atoms with Gasteiger partial charge in [0.1, 0.15) is 23.6 Å². The zero-order chi connectivity index (χ0) is 15.8. The first-order valence-electron chi connectivity index (χ1n) is 7.17. The summed E-state index contributed by atoms with van der Waals surface area (Å²) >= 11 is 0. The summed E-state index contributed by atoms with van der Waals surface area (Å²) in [5.74, 6) is 2.06. The molecule has 0 unspecified atom stereocenters. The van der Waals surface area contributed by atoms with Crippen molar-refractivity contribution in [1.29, 1.82) is 0 Å². The van der Waals surface area contributed by atoms with Gasteiger partial charge < -0.3 is 19.8 Å². The lowest BCUT2D eigenvalue weighted by Crippen LogP contribution is -2.39. The van der Waals surface area contributed by atoms with Crippen LogP contribution >= 0.6 is 24.0 Å². The normalized spacial score (nSPS) is 11.1. The Kier molecular flexibility index (Phi) is 9.88. The number of guanidine groups is 1. The third kappa shape index (κ3) is 6.67. The Balaban J connectivity index is 0.00000441. The first-order valence-corrected chi connectivity index (χ1v) is 7.17. The van der Waals surface area contributed by atoms with Crippen LogP contribution in [0.1, 0.15) is 42.6 Å². The van der Waals surface area contributed by atoms with E-state index in [2.05, 4.69) is 29.5 Å². The second-order valence-corrected chi connectivity index (χ2v) is 5.14.